The van der Waals surface area contributed by atoms with Crippen LogP contribution in [0.4, 0.5) is 0 Å². The number of benzene rings is 1. The molecule has 0 heterocycles. The van der Waals surface area contributed by atoms with Crippen LogP contribution in [0.3, 0.4) is 0 Å². The zero-order valence-corrected chi connectivity index (χ0v) is 9.29. The molecule has 0 aromatic heterocycles. The van der Waals surface area contributed by atoms with Gasteiger partial charge in [0.05, 0.1) is 11.1 Å². The Morgan fingerprint density at radius 3 is 2.42 bits per heavy atom. The monoisotopic (exact) mass is 211 g/mol. The van der Waals surface area contributed by atoms with Gasteiger partial charge in [0.15, 0.2) is 0 Å². The molecule has 0 aliphatic carbocycles. The molecule has 12 heavy (non-hydrogen) atoms. The van der Waals surface area contributed by atoms with Crippen LogP contribution >= 0.6 is 0 Å². The third-order valence-corrected chi connectivity index (χ3v) is 1.28. The number of aromatic carboxylic acids is 1. The summed E-state index contributed by atoms with van der Waals surface area (Å²) in [6.07, 6.45) is 0. The van der Waals surface area contributed by atoms with Crippen LogP contribution in [-0.4, -0.2) is 11.1 Å². The molecule has 4 heteroatoms. The number of carbonyl (C=O) groups is 1. The normalized spacial score (nSPS) is 7.92. The second-order valence-corrected chi connectivity index (χ2v) is 1.96. The van der Waals surface area contributed by atoms with Crippen molar-refractivity contribution in [3.05, 3.63) is 35.4 Å². The Morgan fingerprint density at radius 1 is 1.42 bits per heavy atom. The maximum atomic E-state index is 10.4. The van der Waals surface area contributed by atoms with Crippen LogP contribution in [0.25, 0.3) is 0 Å². The van der Waals surface area contributed by atoms with Gasteiger partial charge in [0.2, 0.25) is 0 Å². The molecule has 0 bridgehead atoms. The summed E-state index contributed by atoms with van der Waals surface area (Å²) in [5, 5.41) is 17.0. The summed E-state index contributed by atoms with van der Waals surface area (Å²) in [4.78, 5) is 10.4. The van der Waals surface area contributed by atoms with E-state index in [1.54, 1.807) is 18.2 Å². The van der Waals surface area contributed by atoms with E-state index in [9.17, 15) is 4.79 Å². The van der Waals surface area contributed by atoms with Gasteiger partial charge in [-0.25, -0.2) is 4.79 Å². The summed E-state index contributed by atoms with van der Waals surface area (Å²) >= 11 is 0. The van der Waals surface area contributed by atoms with Crippen LogP contribution in [0.1, 0.15) is 15.9 Å². The molecule has 1 aromatic rings. The summed E-state index contributed by atoms with van der Waals surface area (Å²) in [7, 11) is 0. The predicted octanol–water partition coefficient (Wildman–Crippen LogP) is 1.25. The molecule has 1 aromatic carbocycles. The number of nitrogens with zero attached hydrogens (tertiary/aromatic N) is 1. The standard InChI is InChI=1S/C8H5NO2.Zn/c9-5-6-3-1-2-4-7(6)8(10)11;/h1-4H,(H,10,11);. The van der Waals surface area contributed by atoms with E-state index in [0.29, 0.717) is 0 Å². The maximum Gasteiger partial charge on any atom is 0.337 e. The molecule has 0 saturated heterocycles. The van der Waals surface area contributed by atoms with Gasteiger partial charge in [0, 0.05) is 19.5 Å². The largest absolute Gasteiger partial charge is 0.478 e. The molecule has 0 aliphatic heterocycles. The van der Waals surface area contributed by atoms with Crippen LogP contribution in [0.5, 0.6) is 0 Å². The Balaban J connectivity index is 0.00000121. The number of rotatable bonds is 1. The van der Waals surface area contributed by atoms with Gasteiger partial charge < -0.3 is 5.11 Å². The smallest absolute Gasteiger partial charge is 0.337 e. The molecule has 0 unspecified atom stereocenters. The third-order valence-electron chi connectivity index (χ3n) is 1.28. The number of carboxylic acid groups (broad SMARTS) is 1. The molecule has 0 amide bonds. The van der Waals surface area contributed by atoms with Gasteiger partial charge in [-0.1, -0.05) is 12.1 Å². The van der Waals surface area contributed by atoms with E-state index < -0.39 is 5.97 Å². The zero-order valence-electron chi connectivity index (χ0n) is 6.32. The van der Waals surface area contributed by atoms with E-state index in [1.807, 2.05) is 0 Å². The van der Waals surface area contributed by atoms with E-state index in [0.717, 1.165) is 0 Å². The van der Waals surface area contributed by atoms with E-state index in [1.165, 1.54) is 12.1 Å². The molecular weight excluding hydrogens is 207 g/mol. The van der Waals surface area contributed by atoms with Gasteiger partial charge in [0.1, 0.15) is 6.07 Å². The molecule has 0 fully saturated rings. The topological polar surface area (TPSA) is 61.1 Å². The molecule has 0 saturated carbocycles. The minimum atomic E-state index is -1.07. The Labute approximate surface area is 82.4 Å². The molecule has 0 aliphatic rings. The summed E-state index contributed by atoms with van der Waals surface area (Å²) in [5.41, 5.74) is 0.245. The predicted molar refractivity (Wildman–Crippen MR) is 38.1 cm³/mol. The van der Waals surface area contributed by atoms with Crippen LogP contribution in [0.15, 0.2) is 24.3 Å². The van der Waals surface area contributed by atoms with Crippen molar-refractivity contribution < 1.29 is 29.4 Å². The minimum absolute atomic E-state index is 0. The SMILES string of the molecule is N#Cc1ccccc1C(=O)O.[Zn]. The quantitative estimate of drug-likeness (QED) is 0.713. The molecule has 0 atom stereocenters. The second kappa shape index (κ2) is 4.63. The fraction of sp³-hybridized carbons (Fsp3) is 0. The molecule has 0 radical (unpaired) electrons. The molecule has 0 spiro atoms. The fourth-order valence-corrected chi connectivity index (χ4v) is 0.767. The summed E-state index contributed by atoms with van der Waals surface area (Å²) in [6.45, 7) is 0. The number of carboxylic acids is 1. The van der Waals surface area contributed by atoms with Crippen molar-refractivity contribution in [2.24, 2.45) is 0 Å². The average molecular weight is 213 g/mol. The van der Waals surface area contributed by atoms with Gasteiger partial charge in [0.25, 0.3) is 0 Å². The van der Waals surface area contributed by atoms with E-state index in [-0.39, 0.29) is 30.6 Å². The second-order valence-electron chi connectivity index (χ2n) is 1.96. The Kier molecular flexibility index (Phi) is 4.17. The Hall–Kier alpha value is -1.20. The van der Waals surface area contributed by atoms with Crippen molar-refractivity contribution in [1.29, 1.82) is 5.26 Å². The molecule has 56 valence electrons. The van der Waals surface area contributed by atoms with Gasteiger partial charge in [-0.3, -0.25) is 0 Å². The minimum Gasteiger partial charge on any atom is -0.478 e. The van der Waals surface area contributed by atoms with Crippen molar-refractivity contribution in [3.63, 3.8) is 0 Å². The first kappa shape index (κ1) is 10.8. The van der Waals surface area contributed by atoms with Gasteiger partial charge >= 0.3 is 5.97 Å². The maximum absolute atomic E-state index is 10.4. The van der Waals surface area contributed by atoms with Crippen molar-refractivity contribution in [2.75, 3.05) is 0 Å². The molecule has 3 nitrogen and oxygen atoms in total. The van der Waals surface area contributed by atoms with Crippen LogP contribution in [0.2, 0.25) is 0 Å². The van der Waals surface area contributed by atoms with Crippen LogP contribution < -0.4 is 0 Å². The van der Waals surface area contributed by atoms with E-state index >= 15 is 0 Å². The Morgan fingerprint density at radius 2 is 2.00 bits per heavy atom. The fourth-order valence-electron chi connectivity index (χ4n) is 0.767. The van der Waals surface area contributed by atoms with Crippen molar-refractivity contribution in [1.82, 2.24) is 0 Å². The number of nitriles is 1. The third kappa shape index (κ3) is 2.15. The van der Waals surface area contributed by atoms with Crippen LogP contribution in [0, 0.1) is 11.3 Å². The number of hydrogen-bond donors (Lipinski definition) is 1. The summed E-state index contributed by atoms with van der Waals surface area (Å²) in [6, 6.07) is 7.89. The average Bonchev–Trinajstić information content (AvgIpc) is 2.04. The first-order chi connectivity index (χ1) is 5.25. The van der Waals surface area contributed by atoms with E-state index in [4.69, 9.17) is 10.4 Å². The number of hydrogen-bond acceptors (Lipinski definition) is 2. The first-order valence-electron chi connectivity index (χ1n) is 2.98. The molecular formula is C8H5NO2Zn. The van der Waals surface area contributed by atoms with Crippen LogP contribution in [-0.2, 0) is 19.5 Å². The first-order valence-corrected chi connectivity index (χ1v) is 2.98. The summed E-state index contributed by atoms with van der Waals surface area (Å²) in [5.74, 6) is -1.07. The van der Waals surface area contributed by atoms with Gasteiger partial charge in [-0.15, -0.1) is 0 Å². The Bertz CT molecular complexity index is 330. The molecule has 1 N–H and O–H groups in total. The van der Waals surface area contributed by atoms with Crippen molar-refractivity contribution >= 4 is 5.97 Å². The zero-order chi connectivity index (χ0) is 8.27. The van der Waals surface area contributed by atoms with Crippen molar-refractivity contribution in [3.8, 4) is 6.07 Å². The van der Waals surface area contributed by atoms with Gasteiger partial charge in [-0.2, -0.15) is 5.26 Å². The molecule has 1 rings (SSSR count). The van der Waals surface area contributed by atoms with E-state index in [2.05, 4.69) is 0 Å². The van der Waals surface area contributed by atoms with Gasteiger partial charge in [-0.05, 0) is 12.1 Å². The van der Waals surface area contributed by atoms with Crippen molar-refractivity contribution in [2.45, 2.75) is 0 Å². The summed E-state index contributed by atoms with van der Waals surface area (Å²) < 4.78 is 0.